The van der Waals surface area contributed by atoms with Crippen molar-refractivity contribution in [2.24, 2.45) is 0 Å². The molecule has 0 aliphatic rings. The van der Waals surface area contributed by atoms with Gasteiger partial charge in [-0.3, -0.25) is 0 Å². The van der Waals surface area contributed by atoms with Crippen molar-refractivity contribution in [3.05, 3.63) is 89.5 Å². The average Bonchev–Trinajstić information content (AvgIpc) is 2.80. The van der Waals surface area contributed by atoms with Crippen LogP contribution < -0.4 is 10.6 Å². The van der Waals surface area contributed by atoms with Crippen molar-refractivity contribution in [3.8, 4) is 5.75 Å². The fraction of sp³-hybridized carbons (Fsp3) is 0.250. The first kappa shape index (κ1) is 27.9. The molecule has 3 aromatic carbocycles. The van der Waals surface area contributed by atoms with Crippen LogP contribution in [0.15, 0.2) is 72.8 Å². The van der Waals surface area contributed by atoms with Crippen LogP contribution in [0.5, 0.6) is 5.75 Å². The molecule has 0 aliphatic heterocycles. The Labute approximate surface area is 211 Å². The molecule has 0 heterocycles. The Bertz CT molecular complexity index is 1170. The lowest BCUT2D eigenvalue weighted by molar-refractivity contribution is 0.0508. The van der Waals surface area contributed by atoms with Gasteiger partial charge in [-0.1, -0.05) is 36.4 Å². The molecule has 5 N–H and O–H groups in total. The number of benzene rings is 3. The van der Waals surface area contributed by atoms with Gasteiger partial charge in [-0.15, -0.1) is 0 Å². The van der Waals surface area contributed by atoms with Crippen LogP contribution in [0.25, 0.3) is 0 Å². The summed E-state index contributed by atoms with van der Waals surface area (Å²) in [5.74, 6) is -0.926. The number of hydrogen-bond acceptors (Lipinski definition) is 6. The van der Waals surface area contributed by atoms with Crippen LogP contribution in [0, 0.1) is 5.41 Å². The van der Waals surface area contributed by atoms with Crippen LogP contribution in [-0.4, -0.2) is 40.1 Å². The first-order valence-electron chi connectivity index (χ1n) is 11.4. The third-order valence-corrected chi connectivity index (χ3v) is 4.73. The van der Waals surface area contributed by atoms with E-state index in [4.69, 9.17) is 15.3 Å². The number of anilines is 2. The summed E-state index contributed by atoms with van der Waals surface area (Å²) >= 11 is 0. The number of carbonyl (C=O) groups is 2. The number of amides is 1. The second-order valence-electron chi connectivity index (χ2n) is 9.16. The summed E-state index contributed by atoms with van der Waals surface area (Å²) in [5.41, 5.74) is 2.68. The molecule has 0 radical (unpaired) electrons. The minimum Gasteiger partial charge on any atom is -0.508 e. The maximum Gasteiger partial charge on any atom is 0.407 e. The molecular formula is C28H33N3O5. The van der Waals surface area contributed by atoms with Gasteiger partial charge in [-0.2, -0.15) is 0 Å². The largest absolute Gasteiger partial charge is 0.508 e. The van der Waals surface area contributed by atoms with Crippen molar-refractivity contribution in [1.29, 1.82) is 5.41 Å². The zero-order valence-electron chi connectivity index (χ0n) is 20.9. The molecule has 0 saturated heterocycles. The van der Waals surface area contributed by atoms with E-state index in [2.05, 4.69) is 10.6 Å². The van der Waals surface area contributed by atoms with Crippen molar-refractivity contribution in [1.82, 2.24) is 5.32 Å². The molecule has 0 fully saturated rings. The predicted molar refractivity (Wildman–Crippen MR) is 142 cm³/mol. The summed E-state index contributed by atoms with van der Waals surface area (Å²) in [6, 6.07) is 21.1. The highest BCUT2D eigenvalue weighted by Crippen LogP contribution is 2.24. The number of phenols is 1. The highest BCUT2D eigenvalue weighted by molar-refractivity contribution is 5.91. The molecule has 3 rings (SSSR count). The molecule has 3 aromatic rings. The van der Waals surface area contributed by atoms with E-state index in [1.807, 2.05) is 58.0 Å². The minimum atomic E-state index is -0.998. The van der Waals surface area contributed by atoms with Crippen LogP contribution in [0.2, 0.25) is 0 Å². The monoisotopic (exact) mass is 491 g/mol. The second-order valence-corrected chi connectivity index (χ2v) is 9.16. The van der Waals surface area contributed by atoms with E-state index >= 15 is 0 Å². The topological polar surface area (TPSA) is 132 Å². The van der Waals surface area contributed by atoms with E-state index in [0.29, 0.717) is 16.9 Å². The van der Waals surface area contributed by atoms with Crippen LogP contribution in [0.4, 0.5) is 16.2 Å². The van der Waals surface area contributed by atoms with Gasteiger partial charge in [0.15, 0.2) is 0 Å². The van der Waals surface area contributed by atoms with E-state index < -0.39 is 11.6 Å². The predicted octanol–water partition coefficient (Wildman–Crippen LogP) is 5.97. The maximum absolute atomic E-state index is 11.5. The zero-order valence-corrected chi connectivity index (χ0v) is 20.9. The summed E-state index contributed by atoms with van der Waals surface area (Å²) < 4.78 is 5.20. The maximum atomic E-state index is 11.5. The van der Waals surface area contributed by atoms with Crippen LogP contribution in [0.3, 0.4) is 0 Å². The van der Waals surface area contributed by atoms with Gasteiger partial charge >= 0.3 is 12.1 Å². The molecular weight excluding hydrogens is 458 g/mol. The normalized spacial score (nSPS) is 11.3. The van der Waals surface area contributed by atoms with Gasteiger partial charge < -0.3 is 31.0 Å². The number of hydrogen-bond donors (Lipinski definition) is 5. The molecule has 8 nitrogen and oxygen atoms in total. The van der Waals surface area contributed by atoms with Gasteiger partial charge in [-0.05, 0) is 76.1 Å². The van der Waals surface area contributed by atoms with Gasteiger partial charge in [0.25, 0.3) is 0 Å². The Kier molecular flexibility index (Phi) is 10.0. The molecule has 1 atom stereocenters. The summed E-state index contributed by atoms with van der Waals surface area (Å²) in [7, 11) is 0. The standard InChI is InChI=1S/C14H12N2O3.C14H21NO2/c15-8-10-7-12(17)4-5-13(10)16-11-3-1-2-9(6-11)14(18)19;1-11(10-12-8-6-5-7-9-12)15-13(16)17-14(2,3)4/h1-8,15-17H,(H,18,19);5-9,11H,10H2,1-4H3,(H,15,16). The Hall–Kier alpha value is -4.33. The lowest BCUT2D eigenvalue weighted by atomic mass is 10.1. The number of ether oxygens (including phenoxy) is 1. The van der Waals surface area contributed by atoms with Crippen LogP contribution >= 0.6 is 0 Å². The summed E-state index contributed by atoms with van der Waals surface area (Å²) in [4.78, 5) is 22.4. The van der Waals surface area contributed by atoms with E-state index in [0.717, 1.165) is 12.6 Å². The third kappa shape index (κ3) is 9.89. The second kappa shape index (κ2) is 12.9. The Morgan fingerprint density at radius 1 is 1.03 bits per heavy atom. The molecule has 1 amide bonds. The molecule has 36 heavy (non-hydrogen) atoms. The number of aromatic hydroxyl groups is 1. The Balaban J connectivity index is 0.000000255. The van der Waals surface area contributed by atoms with E-state index in [1.165, 1.54) is 29.8 Å². The first-order chi connectivity index (χ1) is 17.0. The molecule has 1 unspecified atom stereocenters. The van der Waals surface area contributed by atoms with Gasteiger partial charge in [-0.25, -0.2) is 9.59 Å². The van der Waals surface area contributed by atoms with Crippen molar-refractivity contribution in [2.45, 2.75) is 45.8 Å². The number of carbonyl (C=O) groups excluding carboxylic acids is 1. The zero-order chi connectivity index (χ0) is 26.7. The molecule has 190 valence electrons. The van der Waals surface area contributed by atoms with Crippen molar-refractivity contribution >= 4 is 29.7 Å². The average molecular weight is 492 g/mol. The highest BCUT2D eigenvalue weighted by Gasteiger charge is 2.17. The molecule has 0 aromatic heterocycles. The van der Waals surface area contributed by atoms with Crippen molar-refractivity contribution in [2.75, 3.05) is 5.32 Å². The number of carboxylic acids is 1. The molecule has 0 bridgehead atoms. The fourth-order valence-electron chi connectivity index (χ4n) is 3.20. The smallest absolute Gasteiger partial charge is 0.407 e. The van der Waals surface area contributed by atoms with Gasteiger partial charge in [0.2, 0.25) is 0 Å². The molecule has 0 saturated carbocycles. The van der Waals surface area contributed by atoms with Crippen molar-refractivity contribution in [3.63, 3.8) is 0 Å². The quantitative estimate of drug-likeness (QED) is 0.204. The van der Waals surface area contributed by atoms with Gasteiger partial charge in [0.05, 0.1) is 5.56 Å². The fourth-order valence-corrected chi connectivity index (χ4v) is 3.20. The van der Waals surface area contributed by atoms with E-state index in [1.54, 1.807) is 18.2 Å². The SMILES string of the molecule is CC(Cc1ccccc1)NC(=O)OC(C)(C)C.N=Cc1cc(O)ccc1Nc1cccc(C(=O)O)c1. The molecule has 0 aliphatic carbocycles. The van der Waals surface area contributed by atoms with Gasteiger partial charge in [0, 0.05) is 29.2 Å². The lowest BCUT2D eigenvalue weighted by Gasteiger charge is -2.22. The third-order valence-electron chi connectivity index (χ3n) is 4.73. The first-order valence-corrected chi connectivity index (χ1v) is 11.4. The van der Waals surface area contributed by atoms with Gasteiger partial charge in [0.1, 0.15) is 11.4 Å². The Morgan fingerprint density at radius 3 is 2.33 bits per heavy atom. The van der Waals surface area contributed by atoms with E-state index in [-0.39, 0.29) is 23.4 Å². The number of alkyl carbamates (subject to hydrolysis) is 1. The number of rotatable bonds is 7. The lowest BCUT2D eigenvalue weighted by Crippen LogP contribution is -2.38. The van der Waals surface area contributed by atoms with E-state index in [9.17, 15) is 14.7 Å². The highest BCUT2D eigenvalue weighted by atomic mass is 16.6. The molecule has 8 heteroatoms. The van der Waals surface area contributed by atoms with Crippen LogP contribution in [-0.2, 0) is 11.2 Å². The van der Waals surface area contributed by atoms with Crippen LogP contribution in [0.1, 0.15) is 49.2 Å². The summed E-state index contributed by atoms with van der Waals surface area (Å²) in [5, 5.41) is 31.4. The number of phenolic OH excluding ortho intramolecular Hbond substituents is 1. The molecule has 0 spiro atoms. The number of carboxylic acid groups (broad SMARTS) is 1. The summed E-state index contributed by atoms with van der Waals surface area (Å²) in [6.07, 6.45) is 1.56. The Morgan fingerprint density at radius 2 is 1.72 bits per heavy atom. The minimum absolute atomic E-state index is 0.0623. The number of aromatic carboxylic acids is 1. The summed E-state index contributed by atoms with van der Waals surface area (Å²) in [6.45, 7) is 7.54. The number of nitrogens with one attached hydrogen (secondary N) is 3. The van der Waals surface area contributed by atoms with Crippen molar-refractivity contribution < 1.29 is 24.5 Å².